The Balaban J connectivity index is 2.02. The second-order valence-corrected chi connectivity index (χ2v) is 6.31. The zero-order valence-electron chi connectivity index (χ0n) is 16.7. The number of hydrogen-bond donors (Lipinski definition) is 1. The molecule has 2 aromatic rings. The molecule has 0 heterocycles. The first-order valence-corrected chi connectivity index (χ1v) is 8.76. The van der Waals surface area contributed by atoms with E-state index in [4.69, 9.17) is 18.9 Å². The highest BCUT2D eigenvalue weighted by Crippen LogP contribution is 2.34. The molecule has 0 saturated carbocycles. The maximum absolute atomic E-state index is 12.4. The van der Waals surface area contributed by atoms with Gasteiger partial charge in [-0.05, 0) is 23.6 Å². The van der Waals surface area contributed by atoms with Crippen LogP contribution in [0.3, 0.4) is 0 Å². The van der Waals surface area contributed by atoms with E-state index in [1.54, 1.807) is 0 Å². The molecule has 0 fully saturated rings. The molecule has 0 bridgehead atoms. The van der Waals surface area contributed by atoms with Gasteiger partial charge in [0.2, 0.25) is 0 Å². The molecule has 0 aliphatic carbocycles. The summed E-state index contributed by atoms with van der Waals surface area (Å²) < 4.78 is 20.7. The van der Waals surface area contributed by atoms with Gasteiger partial charge in [0.15, 0.2) is 18.1 Å². The predicted octanol–water partition coefficient (Wildman–Crippen LogP) is 3.63. The van der Waals surface area contributed by atoms with Gasteiger partial charge >= 0.3 is 5.97 Å². The average Bonchev–Trinajstić information content (AvgIpc) is 2.71. The van der Waals surface area contributed by atoms with Gasteiger partial charge in [0.1, 0.15) is 11.3 Å². The second-order valence-electron chi connectivity index (χ2n) is 6.31. The molecule has 0 atom stereocenters. The number of carbonyl (C=O) groups is 2. The quantitative estimate of drug-likeness (QED) is 0.697. The first kappa shape index (κ1) is 21.1. The third kappa shape index (κ3) is 5.16. The number of nitrogens with one attached hydrogen (secondary N) is 1. The number of esters is 1. The summed E-state index contributed by atoms with van der Waals surface area (Å²) in [5.74, 6) is 0.283. The summed E-state index contributed by atoms with van der Waals surface area (Å²) in [4.78, 5) is 24.5. The average molecular weight is 387 g/mol. The molecule has 2 aromatic carbocycles. The molecule has 0 radical (unpaired) electrons. The van der Waals surface area contributed by atoms with Crippen molar-refractivity contribution in [1.29, 1.82) is 0 Å². The zero-order valence-corrected chi connectivity index (χ0v) is 16.7. The van der Waals surface area contributed by atoms with Crippen LogP contribution in [0.5, 0.6) is 17.2 Å². The molecule has 7 nitrogen and oxygen atoms in total. The Morgan fingerprint density at radius 3 is 2.00 bits per heavy atom. The molecule has 0 saturated heterocycles. The van der Waals surface area contributed by atoms with Gasteiger partial charge < -0.3 is 24.3 Å². The Labute approximate surface area is 164 Å². The molecule has 1 amide bonds. The van der Waals surface area contributed by atoms with Crippen molar-refractivity contribution in [1.82, 2.24) is 0 Å². The zero-order chi connectivity index (χ0) is 20.7. The van der Waals surface area contributed by atoms with Crippen LogP contribution in [0.1, 0.15) is 35.7 Å². The van der Waals surface area contributed by atoms with Crippen LogP contribution >= 0.6 is 0 Å². The van der Waals surface area contributed by atoms with E-state index < -0.39 is 18.5 Å². The van der Waals surface area contributed by atoms with E-state index in [1.807, 2.05) is 24.3 Å². The number of carbonyl (C=O) groups excluding carboxylic acids is 2. The van der Waals surface area contributed by atoms with Gasteiger partial charge in [-0.15, -0.1) is 0 Å². The molecular formula is C21H25NO6. The van der Waals surface area contributed by atoms with Gasteiger partial charge in [0, 0.05) is 17.8 Å². The van der Waals surface area contributed by atoms with Gasteiger partial charge in [-0.3, -0.25) is 4.79 Å². The van der Waals surface area contributed by atoms with Crippen molar-refractivity contribution in [2.75, 3.05) is 33.3 Å². The molecule has 28 heavy (non-hydrogen) atoms. The molecule has 0 spiro atoms. The third-order valence-electron chi connectivity index (χ3n) is 4.12. The largest absolute Gasteiger partial charge is 0.496 e. The fourth-order valence-electron chi connectivity index (χ4n) is 2.55. The van der Waals surface area contributed by atoms with Crippen LogP contribution in [-0.2, 0) is 9.53 Å². The smallest absolute Gasteiger partial charge is 0.342 e. The van der Waals surface area contributed by atoms with E-state index in [0.29, 0.717) is 23.1 Å². The van der Waals surface area contributed by atoms with Crippen LogP contribution in [0, 0.1) is 0 Å². The maximum atomic E-state index is 12.4. The summed E-state index contributed by atoms with van der Waals surface area (Å²) in [7, 11) is 4.36. The maximum Gasteiger partial charge on any atom is 0.342 e. The van der Waals surface area contributed by atoms with E-state index in [-0.39, 0.29) is 11.3 Å². The first-order chi connectivity index (χ1) is 13.4. The van der Waals surface area contributed by atoms with Crippen molar-refractivity contribution in [2.45, 2.75) is 19.8 Å². The fourth-order valence-corrected chi connectivity index (χ4v) is 2.55. The van der Waals surface area contributed by atoms with E-state index >= 15 is 0 Å². The number of ether oxygens (including phenoxy) is 4. The predicted molar refractivity (Wildman–Crippen MR) is 106 cm³/mol. The molecule has 2 rings (SSSR count). The Morgan fingerprint density at radius 2 is 1.46 bits per heavy atom. The van der Waals surface area contributed by atoms with Gasteiger partial charge in [-0.1, -0.05) is 26.0 Å². The topological polar surface area (TPSA) is 83.1 Å². The summed E-state index contributed by atoms with van der Waals surface area (Å²) >= 11 is 0. The van der Waals surface area contributed by atoms with Crippen molar-refractivity contribution in [3.8, 4) is 17.2 Å². The van der Waals surface area contributed by atoms with E-state index in [0.717, 1.165) is 0 Å². The van der Waals surface area contributed by atoms with Crippen molar-refractivity contribution >= 4 is 17.6 Å². The van der Waals surface area contributed by atoms with Gasteiger partial charge in [-0.2, -0.15) is 0 Å². The van der Waals surface area contributed by atoms with Crippen LogP contribution in [0.25, 0.3) is 0 Å². The Bertz CT molecular complexity index is 830. The highest BCUT2D eigenvalue weighted by Gasteiger charge is 2.20. The van der Waals surface area contributed by atoms with Crippen LogP contribution in [0.15, 0.2) is 36.4 Å². The van der Waals surface area contributed by atoms with Gasteiger partial charge in [-0.25, -0.2) is 4.79 Å². The number of methoxy groups -OCH3 is 3. The van der Waals surface area contributed by atoms with Crippen molar-refractivity contribution in [2.24, 2.45) is 0 Å². The standard InChI is InChI=1S/C21H25NO6/c1-13(2)14-6-8-15(9-7-14)22-20(23)12-28-21(24)16-10-18(26-4)19(27-5)11-17(16)25-3/h6-11,13H,12H2,1-5H3,(H,22,23). The number of benzene rings is 2. The van der Waals surface area contributed by atoms with Crippen molar-refractivity contribution in [3.63, 3.8) is 0 Å². The Hall–Kier alpha value is -3.22. The molecule has 7 heteroatoms. The normalized spacial score (nSPS) is 10.4. The summed E-state index contributed by atoms with van der Waals surface area (Å²) in [6.45, 7) is 3.76. The van der Waals surface area contributed by atoms with Crippen LogP contribution < -0.4 is 19.5 Å². The number of amides is 1. The third-order valence-corrected chi connectivity index (χ3v) is 4.12. The lowest BCUT2D eigenvalue weighted by atomic mass is 10.0. The minimum absolute atomic E-state index is 0.134. The molecule has 0 aliphatic rings. The first-order valence-electron chi connectivity index (χ1n) is 8.76. The van der Waals surface area contributed by atoms with E-state index in [2.05, 4.69) is 19.2 Å². The SMILES string of the molecule is COc1cc(OC)c(C(=O)OCC(=O)Nc2ccc(C(C)C)cc2)cc1OC. The molecule has 1 N–H and O–H groups in total. The molecule has 0 aromatic heterocycles. The van der Waals surface area contributed by atoms with E-state index in [1.165, 1.54) is 39.0 Å². The van der Waals surface area contributed by atoms with E-state index in [9.17, 15) is 9.59 Å². The number of rotatable bonds is 8. The highest BCUT2D eigenvalue weighted by molar-refractivity contribution is 5.97. The highest BCUT2D eigenvalue weighted by atomic mass is 16.5. The molecule has 0 unspecified atom stereocenters. The molecule has 0 aliphatic heterocycles. The van der Waals surface area contributed by atoms with Gasteiger partial charge in [0.25, 0.3) is 5.91 Å². The lowest BCUT2D eigenvalue weighted by Gasteiger charge is -2.13. The summed E-state index contributed by atoms with van der Waals surface area (Å²) in [5.41, 5.74) is 1.94. The van der Waals surface area contributed by atoms with Gasteiger partial charge in [0.05, 0.1) is 21.3 Å². The summed E-state index contributed by atoms with van der Waals surface area (Å²) in [6.07, 6.45) is 0. The minimum atomic E-state index is -0.705. The Kier molecular flexibility index (Phi) is 7.26. The minimum Gasteiger partial charge on any atom is -0.496 e. The number of anilines is 1. The van der Waals surface area contributed by atoms with Crippen LogP contribution in [0.4, 0.5) is 5.69 Å². The fraction of sp³-hybridized carbons (Fsp3) is 0.333. The van der Waals surface area contributed by atoms with Crippen molar-refractivity contribution < 1.29 is 28.5 Å². The molecular weight excluding hydrogens is 362 g/mol. The monoisotopic (exact) mass is 387 g/mol. The number of hydrogen-bond acceptors (Lipinski definition) is 6. The summed E-state index contributed by atoms with van der Waals surface area (Å²) in [5, 5.41) is 2.69. The Morgan fingerprint density at radius 1 is 0.893 bits per heavy atom. The van der Waals surface area contributed by atoms with Crippen LogP contribution in [-0.4, -0.2) is 39.8 Å². The summed E-state index contributed by atoms with van der Waals surface area (Å²) in [6, 6.07) is 10.5. The lowest BCUT2D eigenvalue weighted by molar-refractivity contribution is -0.119. The van der Waals surface area contributed by atoms with Crippen LogP contribution in [0.2, 0.25) is 0 Å². The van der Waals surface area contributed by atoms with Crippen molar-refractivity contribution in [3.05, 3.63) is 47.5 Å². The lowest BCUT2D eigenvalue weighted by Crippen LogP contribution is -2.21. The second kappa shape index (κ2) is 9.64. The molecule has 150 valence electrons.